The molecule has 0 heterocycles. The lowest BCUT2D eigenvalue weighted by atomic mass is 9.83. The zero-order chi connectivity index (χ0) is 17.3. The summed E-state index contributed by atoms with van der Waals surface area (Å²) >= 11 is 0. The van der Waals surface area contributed by atoms with Crippen LogP contribution in [0.4, 0.5) is 5.69 Å². The number of allylic oxidation sites excluding steroid dienone is 1. The number of hydrogen-bond donors (Lipinski definition) is 1. The molecule has 0 radical (unpaired) electrons. The number of ether oxygens (including phenoxy) is 2. The lowest BCUT2D eigenvalue weighted by Crippen LogP contribution is -2.42. The van der Waals surface area contributed by atoms with Gasteiger partial charge < -0.3 is 14.8 Å². The monoisotopic (exact) mass is 319 g/mol. The highest BCUT2D eigenvalue weighted by atomic mass is 16.5. The Morgan fingerprint density at radius 1 is 1.26 bits per heavy atom. The van der Waals surface area contributed by atoms with Crippen LogP contribution in [0.3, 0.4) is 0 Å². The van der Waals surface area contributed by atoms with Crippen LogP contribution in [0, 0.1) is 5.41 Å². The van der Waals surface area contributed by atoms with Crippen molar-refractivity contribution in [2.45, 2.75) is 46.6 Å². The molecule has 4 nitrogen and oxygen atoms in total. The summed E-state index contributed by atoms with van der Waals surface area (Å²) in [6, 6.07) is 7.53. The normalized spacial score (nSPS) is 12.9. The maximum absolute atomic E-state index is 12.3. The highest BCUT2D eigenvalue weighted by Gasteiger charge is 2.36. The Labute approximate surface area is 139 Å². The fraction of sp³-hybridized carbons (Fsp3) is 0.526. The van der Waals surface area contributed by atoms with Crippen LogP contribution in [0.2, 0.25) is 0 Å². The molecule has 0 aliphatic heterocycles. The molecule has 0 fully saturated rings. The summed E-state index contributed by atoms with van der Waals surface area (Å²) < 4.78 is 10.4. The highest BCUT2D eigenvalue weighted by molar-refractivity contribution is 5.78. The maximum atomic E-state index is 12.3. The molecule has 0 saturated heterocycles. The molecular weight excluding hydrogens is 290 g/mol. The summed E-state index contributed by atoms with van der Waals surface area (Å²) in [5, 5.41) is 3.43. The Morgan fingerprint density at radius 2 is 1.91 bits per heavy atom. The van der Waals surface area contributed by atoms with Crippen molar-refractivity contribution >= 4 is 11.7 Å². The summed E-state index contributed by atoms with van der Waals surface area (Å²) in [6.45, 7) is 8.15. The molecule has 0 saturated carbocycles. The van der Waals surface area contributed by atoms with Gasteiger partial charge in [0.2, 0.25) is 0 Å². The van der Waals surface area contributed by atoms with E-state index in [9.17, 15) is 4.79 Å². The Bertz CT molecular complexity index is 506. The van der Waals surface area contributed by atoms with E-state index in [2.05, 4.69) is 24.4 Å². The van der Waals surface area contributed by atoms with E-state index in [1.165, 1.54) is 0 Å². The molecule has 0 aliphatic carbocycles. The molecule has 0 bridgehead atoms. The molecule has 0 aromatic heterocycles. The van der Waals surface area contributed by atoms with Crippen molar-refractivity contribution < 1.29 is 14.3 Å². The van der Waals surface area contributed by atoms with Gasteiger partial charge in [-0.05, 0) is 51.5 Å². The minimum Gasteiger partial charge on any atom is -0.497 e. The Kier molecular flexibility index (Phi) is 7.66. The van der Waals surface area contributed by atoms with Gasteiger partial charge in [0.1, 0.15) is 5.75 Å². The van der Waals surface area contributed by atoms with Crippen molar-refractivity contribution in [3.05, 3.63) is 36.4 Å². The summed E-state index contributed by atoms with van der Waals surface area (Å²) in [4.78, 5) is 12.3. The van der Waals surface area contributed by atoms with Gasteiger partial charge in [-0.25, -0.2) is 0 Å². The summed E-state index contributed by atoms with van der Waals surface area (Å²) in [6.07, 6.45) is 6.23. The fourth-order valence-electron chi connectivity index (χ4n) is 2.18. The van der Waals surface area contributed by atoms with Crippen LogP contribution < -0.4 is 10.1 Å². The van der Waals surface area contributed by atoms with Crippen molar-refractivity contribution in [2.24, 2.45) is 5.41 Å². The van der Waals surface area contributed by atoms with Crippen LogP contribution in [-0.4, -0.2) is 25.7 Å². The molecule has 0 aliphatic rings. The number of carbonyl (C=O) groups excluding carboxylic acids is 1. The molecule has 1 N–H and O–H groups in total. The third-order valence-corrected chi connectivity index (χ3v) is 3.78. The lowest BCUT2D eigenvalue weighted by molar-refractivity contribution is -0.153. The Morgan fingerprint density at radius 3 is 2.43 bits per heavy atom. The second-order valence-electron chi connectivity index (χ2n) is 6.01. The van der Waals surface area contributed by atoms with Crippen LogP contribution in [0.25, 0.3) is 0 Å². The van der Waals surface area contributed by atoms with Crippen LogP contribution >= 0.6 is 0 Å². The van der Waals surface area contributed by atoms with E-state index in [0.717, 1.165) is 24.3 Å². The Balaban J connectivity index is 2.96. The summed E-state index contributed by atoms with van der Waals surface area (Å²) in [5.74, 6) is 0.602. The lowest BCUT2D eigenvalue weighted by Gasteiger charge is -2.31. The molecular formula is C19H29NO3. The van der Waals surface area contributed by atoms with Crippen molar-refractivity contribution in [3.8, 4) is 5.75 Å². The van der Waals surface area contributed by atoms with Gasteiger partial charge in [-0.15, -0.1) is 0 Å². The van der Waals surface area contributed by atoms with E-state index in [-0.39, 0.29) is 12.0 Å². The van der Waals surface area contributed by atoms with Gasteiger partial charge >= 0.3 is 5.97 Å². The first-order chi connectivity index (χ1) is 11.0. The van der Waals surface area contributed by atoms with Gasteiger partial charge in [0.05, 0.1) is 25.2 Å². The maximum Gasteiger partial charge on any atom is 0.313 e. The highest BCUT2D eigenvalue weighted by Crippen LogP contribution is 2.28. The number of benzene rings is 1. The number of unbranched alkanes of at least 4 members (excludes halogenated alkanes) is 1. The number of anilines is 1. The van der Waals surface area contributed by atoms with Crippen molar-refractivity contribution in [1.82, 2.24) is 0 Å². The fourth-order valence-corrected chi connectivity index (χ4v) is 2.18. The number of methoxy groups -OCH3 is 1. The van der Waals surface area contributed by atoms with Crippen LogP contribution in [0.5, 0.6) is 5.75 Å². The predicted molar refractivity (Wildman–Crippen MR) is 94.9 cm³/mol. The van der Waals surface area contributed by atoms with E-state index in [0.29, 0.717) is 6.61 Å². The molecule has 1 atom stereocenters. The average molecular weight is 319 g/mol. The third-order valence-electron chi connectivity index (χ3n) is 3.78. The van der Waals surface area contributed by atoms with E-state index >= 15 is 0 Å². The molecule has 1 aromatic rings. The van der Waals surface area contributed by atoms with E-state index in [4.69, 9.17) is 9.47 Å². The first-order valence-electron chi connectivity index (χ1n) is 8.20. The third kappa shape index (κ3) is 5.62. The number of esters is 1. The molecule has 4 heteroatoms. The van der Waals surface area contributed by atoms with Crippen molar-refractivity contribution in [3.63, 3.8) is 0 Å². The van der Waals surface area contributed by atoms with Crippen LogP contribution in [-0.2, 0) is 9.53 Å². The Hall–Kier alpha value is -1.97. The van der Waals surface area contributed by atoms with Gasteiger partial charge in [-0.2, -0.15) is 0 Å². The zero-order valence-corrected chi connectivity index (χ0v) is 14.9. The van der Waals surface area contributed by atoms with Gasteiger partial charge in [-0.1, -0.05) is 25.5 Å². The number of carbonyl (C=O) groups is 1. The van der Waals surface area contributed by atoms with Gasteiger partial charge in [0, 0.05) is 5.69 Å². The topological polar surface area (TPSA) is 47.6 Å². The van der Waals surface area contributed by atoms with Crippen molar-refractivity contribution in [2.75, 3.05) is 19.0 Å². The standard InChI is InChI=1S/C19H29NO3/c1-6-8-9-10-17(19(3,4)18(21)23-7-2)20-15-11-13-16(22-5)14-12-15/h9-14,17,20H,6-8H2,1-5H3/b10-9+. The molecule has 128 valence electrons. The smallest absolute Gasteiger partial charge is 0.313 e. The minimum absolute atomic E-state index is 0.151. The molecule has 1 rings (SSSR count). The van der Waals surface area contributed by atoms with Crippen LogP contribution in [0.1, 0.15) is 40.5 Å². The van der Waals surface area contributed by atoms with Gasteiger partial charge in [0.25, 0.3) is 0 Å². The zero-order valence-electron chi connectivity index (χ0n) is 14.9. The minimum atomic E-state index is -0.666. The number of rotatable bonds is 9. The second kappa shape index (κ2) is 9.23. The van der Waals surface area contributed by atoms with E-state index < -0.39 is 5.41 Å². The largest absolute Gasteiger partial charge is 0.497 e. The molecule has 1 unspecified atom stereocenters. The molecule has 1 aromatic carbocycles. The van der Waals surface area contributed by atoms with E-state index in [1.54, 1.807) is 7.11 Å². The molecule has 0 spiro atoms. The summed E-state index contributed by atoms with van der Waals surface area (Å²) in [7, 11) is 1.64. The molecule has 23 heavy (non-hydrogen) atoms. The first kappa shape index (κ1) is 19.1. The average Bonchev–Trinajstić information content (AvgIpc) is 2.55. The predicted octanol–water partition coefficient (Wildman–Crippen LogP) is 4.42. The summed E-state index contributed by atoms with van der Waals surface area (Å²) in [5.41, 5.74) is 0.273. The van der Waals surface area contributed by atoms with Gasteiger partial charge in [-0.3, -0.25) is 4.79 Å². The van der Waals surface area contributed by atoms with E-state index in [1.807, 2.05) is 45.0 Å². The number of nitrogens with one attached hydrogen (secondary N) is 1. The number of hydrogen-bond acceptors (Lipinski definition) is 4. The van der Waals surface area contributed by atoms with Crippen LogP contribution in [0.15, 0.2) is 36.4 Å². The second-order valence-corrected chi connectivity index (χ2v) is 6.01. The quantitative estimate of drug-likeness (QED) is 0.540. The molecule has 0 amide bonds. The van der Waals surface area contributed by atoms with Crippen molar-refractivity contribution in [1.29, 1.82) is 0 Å². The van der Waals surface area contributed by atoms with Gasteiger partial charge in [0.15, 0.2) is 0 Å². The first-order valence-corrected chi connectivity index (χ1v) is 8.20. The SMILES string of the molecule is CCC/C=C/C(Nc1ccc(OC)cc1)C(C)(C)C(=O)OCC.